The van der Waals surface area contributed by atoms with E-state index in [9.17, 15) is 0 Å². The van der Waals surface area contributed by atoms with Gasteiger partial charge in [0.05, 0.1) is 7.11 Å². The Kier molecular flexibility index (Phi) is 3.33. The van der Waals surface area contributed by atoms with Crippen LogP contribution in [0.25, 0.3) is 10.6 Å². The second kappa shape index (κ2) is 4.75. The van der Waals surface area contributed by atoms with Crippen molar-refractivity contribution >= 4 is 17.2 Å². The third-order valence-corrected chi connectivity index (χ3v) is 3.56. The summed E-state index contributed by atoms with van der Waals surface area (Å²) in [6.07, 6.45) is 0. The molecule has 0 saturated heterocycles. The number of hydrogen-bond donors (Lipinski definition) is 1. The van der Waals surface area contributed by atoms with Gasteiger partial charge in [-0.3, -0.25) is 0 Å². The van der Waals surface area contributed by atoms with Crippen molar-refractivity contribution in [3.8, 4) is 16.3 Å². The lowest BCUT2D eigenvalue weighted by atomic mass is 10.1. The van der Waals surface area contributed by atoms with E-state index in [2.05, 4.69) is 36.3 Å². The van der Waals surface area contributed by atoms with Crippen molar-refractivity contribution < 1.29 is 4.74 Å². The van der Waals surface area contributed by atoms with E-state index in [0.717, 1.165) is 33.3 Å². The summed E-state index contributed by atoms with van der Waals surface area (Å²) >= 11 is 1.64. The molecule has 90 valence electrons. The summed E-state index contributed by atoms with van der Waals surface area (Å²) in [5.41, 5.74) is 3.43. The van der Waals surface area contributed by atoms with Gasteiger partial charge in [-0.1, -0.05) is 0 Å². The molecular weight excluding hydrogens is 232 g/mol. The van der Waals surface area contributed by atoms with Gasteiger partial charge in [-0.25, -0.2) is 4.98 Å². The average molecular weight is 248 g/mol. The second-order valence-corrected chi connectivity index (χ2v) is 4.79. The number of nitrogens with one attached hydrogen (secondary N) is 1. The lowest BCUT2D eigenvalue weighted by molar-refractivity contribution is 0.408. The highest BCUT2D eigenvalue weighted by molar-refractivity contribution is 7.13. The van der Waals surface area contributed by atoms with Crippen LogP contribution in [-0.2, 0) is 0 Å². The van der Waals surface area contributed by atoms with Gasteiger partial charge in [-0.15, -0.1) is 11.3 Å². The van der Waals surface area contributed by atoms with Crippen LogP contribution in [0.5, 0.6) is 5.75 Å². The van der Waals surface area contributed by atoms with Crippen LogP contribution >= 0.6 is 11.3 Å². The van der Waals surface area contributed by atoms with Crippen LogP contribution in [0, 0.1) is 13.8 Å². The zero-order chi connectivity index (χ0) is 12.4. The van der Waals surface area contributed by atoms with Gasteiger partial charge in [0.1, 0.15) is 16.6 Å². The van der Waals surface area contributed by atoms with E-state index >= 15 is 0 Å². The minimum atomic E-state index is 0.913. The SMILES string of the molecule is CNc1csc(-c2cc(C)c(OC)c(C)c2)n1. The Morgan fingerprint density at radius 3 is 2.35 bits per heavy atom. The number of benzene rings is 1. The van der Waals surface area contributed by atoms with Gasteiger partial charge in [0.2, 0.25) is 0 Å². The first-order chi connectivity index (χ1) is 8.15. The number of aryl methyl sites for hydroxylation is 2. The van der Waals surface area contributed by atoms with E-state index < -0.39 is 0 Å². The number of aromatic nitrogens is 1. The molecule has 2 rings (SSSR count). The van der Waals surface area contributed by atoms with Crippen LogP contribution in [0.2, 0.25) is 0 Å². The summed E-state index contributed by atoms with van der Waals surface area (Å²) in [6, 6.07) is 4.23. The zero-order valence-corrected chi connectivity index (χ0v) is 11.3. The van der Waals surface area contributed by atoms with Gasteiger partial charge in [0.15, 0.2) is 0 Å². The fraction of sp³-hybridized carbons (Fsp3) is 0.308. The molecule has 0 bridgehead atoms. The number of thiazole rings is 1. The van der Waals surface area contributed by atoms with Crippen molar-refractivity contribution in [1.82, 2.24) is 4.98 Å². The van der Waals surface area contributed by atoms with Crippen molar-refractivity contribution in [3.05, 3.63) is 28.6 Å². The number of ether oxygens (including phenoxy) is 1. The van der Waals surface area contributed by atoms with Crippen LogP contribution in [0.15, 0.2) is 17.5 Å². The Hall–Kier alpha value is -1.55. The first-order valence-corrected chi connectivity index (χ1v) is 6.32. The largest absolute Gasteiger partial charge is 0.496 e. The molecule has 1 aromatic carbocycles. The lowest BCUT2D eigenvalue weighted by Crippen LogP contribution is -1.92. The summed E-state index contributed by atoms with van der Waals surface area (Å²) < 4.78 is 5.36. The maximum absolute atomic E-state index is 5.36. The van der Waals surface area contributed by atoms with Gasteiger partial charge < -0.3 is 10.1 Å². The van der Waals surface area contributed by atoms with Gasteiger partial charge in [0, 0.05) is 18.0 Å². The molecular formula is C13H16N2OS. The average Bonchev–Trinajstić information content (AvgIpc) is 2.77. The van der Waals surface area contributed by atoms with Crippen LogP contribution in [0.1, 0.15) is 11.1 Å². The smallest absolute Gasteiger partial charge is 0.137 e. The molecule has 1 heterocycles. The Labute approximate surface area is 105 Å². The third kappa shape index (κ3) is 2.26. The number of nitrogens with zero attached hydrogens (tertiary/aromatic N) is 1. The van der Waals surface area contributed by atoms with Crippen molar-refractivity contribution in [1.29, 1.82) is 0 Å². The van der Waals surface area contributed by atoms with E-state index in [0.29, 0.717) is 0 Å². The van der Waals surface area contributed by atoms with Gasteiger partial charge >= 0.3 is 0 Å². The van der Waals surface area contributed by atoms with E-state index in [1.807, 2.05) is 12.4 Å². The monoisotopic (exact) mass is 248 g/mol. The van der Waals surface area contributed by atoms with Crippen LogP contribution in [0.3, 0.4) is 0 Å². The molecule has 1 N–H and O–H groups in total. The Morgan fingerprint density at radius 2 is 1.88 bits per heavy atom. The van der Waals surface area contributed by atoms with Crippen LogP contribution < -0.4 is 10.1 Å². The van der Waals surface area contributed by atoms with Crippen LogP contribution in [-0.4, -0.2) is 19.1 Å². The maximum atomic E-state index is 5.36. The third-order valence-electron chi connectivity index (χ3n) is 2.67. The first-order valence-electron chi connectivity index (χ1n) is 5.44. The highest BCUT2D eigenvalue weighted by Gasteiger charge is 2.09. The number of rotatable bonds is 3. The van der Waals surface area contributed by atoms with Crippen molar-refractivity contribution in [2.45, 2.75) is 13.8 Å². The molecule has 17 heavy (non-hydrogen) atoms. The summed E-state index contributed by atoms with van der Waals surface area (Å²) in [5, 5.41) is 6.09. The molecule has 0 saturated carbocycles. The van der Waals surface area contributed by atoms with E-state index in [1.165, 1.54) is 0 Å². The van der Waals surface area contributed by atoms with Crippen LogP contribution in [0.4, 0.5) is 5.82 Å². The molecule has 0 unspecified atom stereocenters. The molecule has 0 radical (unpaired) electrons. The molecule has 4 heteroatoms. The second-order valence-electron chi connectivity index (χ2n) is 3.93. The normalized spacial score (nSPS) is 10.4. The minimum Gasteiger partial charge on any atom is -0.496 e. The molecule has 2 aromatic rings. The molecule has 0 fully saturated rings. The van der Waals surface area contributed by atoms with Gasteiger partial charge in [-0.05, 0) is 37.1 Å². The highest BCUT2D eigenvalue weighted by atomic mass is 32.1. The van der Waals surface area contributed by atoms with E-state index in [-0.39, 0.29) is 0 Å². The van der Waals surface area contributed by atoms with Crippen molar-refractivity contribution in [2.24, 2.45) is 0 Å². The molecule has 0 amide bonds. The molecule has 0 aliphatic rings. The Balaban J connectivity index is 2.46. The highest BCUT2D eigenvalue weighted by Crippen LogP contribution is 2.32. The molecule has 0 aliphatic heterocycles. The molecule has 0 atom stereocenters. The molecule has 3 nitrogen and oxygen atoms in total. The summed E-state index contributed by atoms with van der Waals surface area (Å²) in [6.45, 7) is 4.11. The quantitative estimate of drug-likeness (QED) is 0.903. The Morgan fingerprint density at radius 1 is 1.24 bits per heavy atom. The molecule has 1 aromatic heterocycles. The standard InChI is InChI=1S/C13H16N2OS/c1-8-5-10(6-9(2)12(8)16-4)13-15-11(14-3)7-17-13/h5-7,14H,1-4H3. The zero-order valence-electron chi connectivity index (χ0n) is 10.5. The minimum absolute atomic E-state index is 0.913. The maximum Gasteiger partial charge on any atom is 0.137 e. The van der Waals surface area contributed by atoms with Crippen molar-refractivity contribution in [2.75, 3.05) is 19.5 Å². The van der Waals surface area contributed by atoms with Crippen molar-refractivity contribution in [3.63, 3.8) is 0 Å². The van der Waals surface area contributed by atoms with Gasteiger partial charge in [0.25, 0.3) is 0 Å². The fourth-order valence-electron chi connectivity index (χ4n) is 1.92. The summed E-state index contributed by atoms with van der Waals surface area (Å²) in [4.78, 5) is 4.50. The molecule has 0 aliphatic carbocycles. The lowest BCUT2D eigenvalue weighted by Gasteiger charge is -2.09. The van der Waals surface area contributed by atoms with E-state index in [1.54, 1.807) is 18.4 Å². The summed E-state index contributed by atoms with van der Waals surface area (Å²) in [7, 11) is 3.58. The predicted octanol–water partition coefficient (Wildman–Crippen LogP) is 3.48. The van der Waals surface area contributed by atoms with E-state index in [4.69, 9.17) is 4.74 Å². The Bertz CT molecular complexity index is 511. The molecule has 0 spiro atoms. The number of methoxy groups -OCH3 is 1. The number of hydrogen-bond acceptors (Lipinski definition) is 4. The number of anilines is 1. The topological polar surface area (TPSA) is 34.1 Å². The summed E-state index contributed by atoms with van der Waals surface area (Å²) in [5.74, 6) is 1.87. The fourth-order valence-corrected chi connectivity index (χ4v) is 2.72. The predicted molar refractivity (Wildman–Crippen MR) is 73.1 cm³/mol. The first kappa shape index (κ1) is 11.9. The van der Waals surface area contributed by atoms with Gasteiger partial charge in [-0.2, -0.15) is 0 Å².